The highest BCUT2D eigenvalue weighted by Gasteiger charge is 2.10. The predicted octanol–water partition coefficient (Wildman–Crippen LogP) is 4.02. The van der Waals surface area contributed by atoms with Crippen molar-refractivity contribution >= 4 is 29.3 Å². The van der Waals surface area contributed by atoms with Gasteiger partial charge in [-0.25, -0.2) is 4.79 Å². The van der Waals surface area contributed by atoms with Gasteiger partial charge in [0.25, 0.3) is 5.69 Å². The molecular formula is C19H19N3O4. The largest absolute Gasteiger partial charge is 0.336 e. The summed E-state index contributed by atoms with van der Waals surface area (Å²) >= 11 is 0. The van der Waals surface area contributed by atoms with E-state index in [1.807, 2.05) is 13.8 Å². The predicted molar refractivity (Wildman–Crippen MR) is 100 cm³/mol. The molecule has 0 aromatic heterocycles. The Morgan fingerprint density at radius 3 is 2.35 bits per heavy atom. The number of amides is 2. The van der Waals surface area contributed by atoms with E-state index >= 15 is 0 Å². The molecule has 0 unspecified atom stereocenters. The summed E-state index contributed by atoms with van der Waals surface area (Å²) in [5.74, 6) is -0.290. The van der Waals surface area contributed by atoms with Crippen molar-refractivity contribution in [1.29, 1.82) is 0 Å². The number of urea groups is 1. The Morgan fingerprint density at radius 2 is 1.73 bits per heavy atom. The molecule has 0 aliphatic heterocycles. The Hall–Kier alpha value is -3.48. The molecule has 26 heavy (non-hydrogen) atoms. The minimum absolute atomic E-state index is 0.0167. The van der Waals surface area contributed by atoms with E-state index in [4.69, 9.17) is 0 Å². The fraction of sp³-hybridized carbons (Fsp3) is 0.158. The lowest BCUT2D eigenvalue weighted by molar-refractivity contribution is -0.385. The fourth-order valence-corrected chi connectivity index (χ4v) is 2.20. The molecular weight excluding hydrogens is 334 g/mol. The van der Waals surface area contributed by atoms with Crippen LogP contribution in [0.1, 0.15) is 29.8 Å². The number of para-hydroxylation sites is 1. The van der Waals surface area contributed by atoms with Crippen LogP contribution in [0.15, 0.2) is 54.6 Å². The van der Waals surface area contributed by atoms with Crippen LogP contribution in [0.3, 0.4) is 0 Å². The van der Waals surface area contributed by atoms with Crippen molar-refractivity contribution in [3.05, 3.63) is 75.8 Å². The van der Waals surface area contributed by atoms with E-state index in [1.54, 1.807) is 42.5 Å². The first kappa shape index (κ1) is 18.9. The monoisotopic (exact) mass is 353 g/mol. The molecule has 7 nitrogen and oxygen atoms in total. The zero-order valence-electron chi connectivity index (χ0n) is 14.4. The second-order valence-corrected chi connectivity index (χ2v) is 5.84. The van der Waals surface area contributed by atoms with Gasteiger partial charge < -0.3 is 10.6 Å². The first-order chi connectivity index (χ1) is 12.4. The number of nitrogens with one attached hydrogen (secondary N) is 2. The molecule has 7 heteroatoms. The molecule has 134 valence electrons. The van der Waals surface area contributed by atoms with Gasteiger partial charge in [-0.05, 0) is 56.3 Å². The van der Waals surface area contributed by atoms with Crippen molar-refractivity contribution in [1.82, 2.24) is 5.32 Å². The Morgan fingerprint density at radius 1 is 1.08 bits per heavy atom. The zero-order valence-corrected chi connectivity index (χ0v) is 14.4. The maximum atomic E-state index is 12.2. The van der Waals surface area contributed by atoms with Crippen LogP contribution in [0, 0.1) is 10.1 Å². The lowest BCUT2D eigenvalue weighted by Gasteiger charge is -2.10. The molecule has 0 saturated carbocycles. The quantitative estimate of drug-likeness (QED) is 0.354. The van der Waals surface area contributed by atoms with Crippen molar-refractivity contribution in [3.8, 4) is 0 Å². The summed E-state index contributed by atoms with van der Waals surface area (Å²) in [7, 11) is 0. The molecule has 0 radical (unpaired) electrons. The number of hydrogen-bond donors (Lipinski definition) is 2. The summed E-state index contributed by atoms with van der Waals surface area (Å²) in [6.07, 6.45) is 2.71. The number of anilines is 1. The van der Waals surface area contributed by atoms with E-state index in [9.17, 15) is 19.7 Å². The van der Waals surface area contributed by atoms with Crippen molar-refractivity contribution < 1.29 is 14.5 Å². The van der Waals surface area contributed by atoms with E-state index < -0.39 is 4.92 Å². The van der Waals surface area contributed by atoms with Gasteiger partial charge in [0.2, 0.25) is 0 Å². The summed E-state index contributed by atoms with van der Waals surface area (Å²) in [5.41, 5.74) is 1.26. The van der Waals surface area contributed by atoms with Gasteiger partial charge in [0, 0.05) is 23.4 Å². The van der Waals surface area contributed by atoms with Crippen LogP contribution >= 0.6 is 0 Å². The molecule has 0 bridgehead atoms. The smallest absolute Gasteiger partial charge is 0.319 e. The summed E-state index contributed by atoms with van der Waals surface area (Å²) in [6.45, 7) is 3.70. The molecule has 0 saturated heterocycles. The standard InChI is InChI=1S/C19H19N3O4/c1-13(2)20-19(24)21-16-10-7-15(8-11-16)18(23)12-9-14-5-3-4-6-17(14)22(25)26/h3-13H,1-2H3,(H2,20,21,24)/b12-9+. The topological polar surface area (TPSA) is 101 Å². The van der Waals surface area contributed by atoms with Crippen LogP contribution in [0.2, 0.25) is 0 Å². The second kappa shape index (κ2) is 8.57. The van der Waals surface area contributed by atoms with Crippen molar-refractivity contribution in [2.45, 2.75) is 19.9 Å². The lowest BCUT2D eigenvalue weighted by Crippen LogP contribution is -2.34. The van der Waals surface area contributed by atoms with Gasteiger partial charge in [0.05, 0.1) is 10.5 Å². The summed E-state index contributed by atoms with van der Waals surface area (Å²) in [4.78, 5) is 34.3. The Kier molecular flexibility index (Phi) is 6.21. The number of carbonyl (C=O) groups is 2. The average molecular weight is 353 g/mol. The number of allylic oxidation sites excluding steroid dienone is 1. The molecule has 0 heterocycles. The highest BCUT2D eigenvalue weighted by molar-refractivity contribution is 6.07. The molecule has 2 aromatic carbocycles. The third-order valence-corrected chi connectivity index (χ3v) is 3.39. The lowest BCUT2D eigenvalue weighted by atomic mass is 10.1. The average Bonchev–Trinajstić information content (AvgIpc) is 2.59. The molecule has 2 aromatic rings. The van der Waals surface area contributed by atoms with Gasteiger partial charge in [-0.1, -0.05) is 12.1 Å². The van der Waals surface area contributed by atoms with Gasteiger partial charge >= 0.3 is 6.03 Å². The third-order valence-electron chi connectivity index (χ3n) is 3.39. The van der Waals surface area contributed by atoms with Gasteiger partial charge in [0.1, 0.15) is 0 Å². The van der Waals surface area contributed by atoms with Gasteiger partial charge in [-0.2, -0.15) is 0 Å². The maximum absolute atomic E-state index is 12.2. The van der Waals surface area contributed by atoms with E-state index in [0.717, 1.165) is 0 Å². The van der Waals surface area contributed by atoms with Gasteiger partial charge in [0.15, 0.2) is 5.78 Å². The normalized spacial score (nSPS) is 10.7. The molecule has 0 spiro atoms. The van der Waals surface area contributed by atoms with Gasteiger partial charge in [-0.15, -0.1) is 0 Å². The fourth-order valence-electron chi connectivity index (χ4n) is 2.20. The number of benzene rings is 2. The number of ketones is 1. The van der Waals surface area contributed by atoms with Crippen LogP contribution in [-0.4, -0.2) is 22.8 Å². The van der Waals surface area contributed by atoms with Crippen molar-refractivity contribution in [2.24, 2.45) is 0 Å². The summed E-state index contributed by atoms with van der Waals surface area (Å²) in [6, 6.07) is 12.3. The molecule has 2 N–H and O–H groups in total. The van der Waals surface area contributed by atoms with Crippen LogP contribution in [0.25, 0.3) is 6.08 Å². The van der Waals surface area contributed by atoms with Crippen molar-refractivity contribution in [3.63, 3.8) is 0 Å². The highest BCUT2D eigenvalue weighted by atomic mass is 16.6. The Balaban J connectivity index is 2.06. The zero-order chi connectivity index (χ0) is 19.1. The maximum Gasteiger partial charge on any atom is 0.319 e. The number of rotatable bonds is 6. The summed E-state index contributed by atoms with van der Waals surface area (Å²) in [5, 5.41) is 16.3. The minimum atomic E-state index is -0.493. The van der Waals surface area contributed by atoms with E-state index in [0.29, 0.717) is 16.8 Å². The van der Waals surface area contributed by atoms with E-state index in [-0.39, 0.29) is 23.5 Å². The minimum Gasteiger partial charge on any atom is -0.336 e. The molecule has 0 fully saturated rings. The molecule has 2 rings (SSSR count). The molecule has 0 aliphatic rings. The van der Waals surface area contributed by atoms with Crippen LogP contribution in [0.5, 0.6) is 0 Å². The Bertz CT molecular complexity index is 842. The second-order valence-electron chi connectivity index (χ2n) is 5.84. The SMILES string of the molecule is CC(C)NC(=O)Nc1ccc(C(=O)/C=C/c2ccccc2[N+](=O)[O-])cc1. The Labute approximate surface area is 150 Å². The third kappa shape index (κ3) is 5.27. The first-order valence-electron chi connectivity index (χ1n) is 8.00. The molecule has 0 atom stereocenters. The van der Waals surface area contributed by atoms with Crippen LogP contribution < -0.4 is 10.6 Å². The number of hydrogen-bond acceptors (Lipinski definition) is 4. The molecule has 2 amide bonds. The van der Waals surface area contributed by atoms with Crippen LogP contribution in [0.4, 0.5) is 16.2 Å². The van der Waals surface area contributed by atoms with Gasteiger partial charge in [-0.3, -0.25) is 14.9 Å². The molecule has 0 aliphatic carbocycles. The summed E-state index contributed by atoms with van der Waals surface area (Å²) < 4.78 is 0. The first-order valence-corrected chi connectivity index (χ1v) is 8.00. The number of nitro groups is 1. The number of carbonyl (C=O) groups excluding carboxylic acids is 2. The van der Waals surface area contributed by atoms with E-state index in [1.165, 1.54) is 18.2 Å². The van der Waals surface area contributed by atoms with Crippen molar-refractivity contribution in [2.75, 3.05) is 5.32 Å². The van der Waals surface area contributed by atoms with E-state index in [2.05, 4.69) is 10.6 Å². The number of nitro benzene ring substituents is 1. The highest BCUT2D eigenvalue weighted by Crippen LogP contribution is 2.19. The number of nitrogens with zero attached hydrogens (tertiary/aromatic N) is 1. The van der Waals surface area contributed by atoms with Crippen LogP contribution in [-0.2, 0) is 0 Å².